The van der Waals surface area contributed by atoms with Crippen molar-refractivity contribution in [1.82, 2.24) is 0 Å². The quantitative estimate of drug-likeness (QED) is 0.689. The Bertz CT molecular complexity index is 297. The lowest BCUT2D eigenvalue weighted by atomic mass is 9.83. The van der Waals surface area contributed by atoms with Gasteiger partial charge >= 0.3 is 0 Å². The Balaban J connectivity index is 2.85. The van der Waals surface area contributed by atoms with E-state index in [1.807, 2.05) is 26.8 Å². The van der Waals surface area contributed by atoms with Gasteiger partial charge in [0.25, 0.3) is 0 Å². The number of hydrogen-bond acceptors (Lipinski definition) is 2. The van der Waals surface area contributed by atoms with Crippen LogP contribution in [0.2, 0.25) is 0 Å². The summed E-state index contributed by atoms with van der Waals surface area (Å²) < 4.78 is 0. The van der Waals surface area contributed by atoms with Crippen LogP contribution < -0.4 is 0 Å². The van der Waals surface area contributed by atoms with Gasteiger partial charge in [-0.05, 0) is 40.0 Å². The van der Waals surface area contributed by atoms with Crippen LogP contribution in [0.15, 0.2) is 23.8 Å². The highest BCUT2D eigenvalue weighted by Crippen LogP contribution is 2.27. The molecule has 0 fully saturated rings. The normalized spacial score (nSPS) is 32.1. The lowest BCUT2D eigenvalue weighted by Crippen LogP contribution is -2.30. The Morgan fingerprint density at radius 1 is 1.29 bits per heavy atom. The summed E-state index contributed by atoms with van der Waals surface area (Å²) in [6.45, 7) is 7.83. The molecule has 0 aromatic rings. The predicted octanol–water partition coefficient (Wildman–Crippen LogP) is 3.06. The second kappa shape index (κ2) is 5.83. The maximum Gasteiger partial charge on any atom is 0.0654 e. The average molecular weight is 238 g/mol. The van der Waals surface area contributed by atoms with Gasteiger partial charge in [0.2, 0.25) is 0 Å². The van der Waals surface area contributed by atoms with Crippen LogP contribution in [0.1, 0.15) is 47.0 Å². The molecular formula is C15H26O2. The first kappa shape index (κ1) is 14.5. The largest absolute Gasteiger partial charge is 0.392 e. The van der Waals surface area contributed by atoms with Gasteiger partial charge in [0.05, 0.1) is 11.7 Å². The molecule has 98 valence electrons. The van der Waals surface area contributed by atoms with Gasteiger partial charge in [-0.1, -0.05) is 30.7 Å². The fourth-order valence-corrected chi connectivity index (χ4v) is 2.14. The second-order valence-electron chi connectivity index (χ2n) is 5.90. The maximum atomic E-state index is 10.1. The van der Waals surface area contributed by atoms with Crippen LogP contribution in [0.25, 0.3) is 0 Å². The summed E-state index contributed by atoms with van der Waals surface area (Å²) in [5, 5.41) is 20.1. The number of hydrogen-bond donors (Lipinski definition) is 2. The summed E-state index contributed by atoms with van der Waals surface area (Å²) in [5.74, 6) is 0.292. The molecule has 0 aliphatic heterocycles. The monoisotopic (exact) mass is 238 g/mol. The summed E-state index contributed by atoms with van der Waals surface area (Å²) in [6, 6.07) is 0. The molecule has 0 aromatic heterocycles. The van der Waals surface area contributed by atoms with E-state index in [2.05, 4.69) is 19.1 Å². The molecule has 2 nitrogen and oxygen atoms in total. The molecule has 0 amide bonds. The van der Waals surface area contributed by atoms with Gasteiger partial charge in [-0.3, -0.25) is 0 Å². The summed E-state index contributed by atoms with van der Waals surface area (Å²) in [5.41, 5.74) is 0.612. The standard InChI is InChI=1S/C15H26O2/c1-11-5-8-13(15(3,4)17)9-7-12(2)14(16)10-6-11/h6-7,9,12-14,16-17H,5,8,10H2,1-4H3/t12-,13-,14-/m1/s1. The molecule has 0 radical (unpaired) electrons. The molecule has 2 N–H and O–H groups in total. The molecular weight excluding hydrogens is 212 g/mol. The van der Waals surface area contributed by atoms with Gasteiger partial charge in [0.15, 0.2) is 0 Å². The number of rotatable bonds is 1. The van der Waals surface area contributed by atoms with E-state index in [9.17, 15) is 10.2 Å². The van der Waals surface area contributed by atoms with Crippen molar-refractivity contribution in [3.8, 4) is 0 Å². The molecule has 0 spiro atoms. The second-order valence-corrected chi connectivity index (χ2v) is 5.90. The first-order valence-electron chi connectivity index (χ1n) is 6.55. The van der Waals surface area contributed by atoms with Crippen LogP contribution in [-0.4, -0.2) is 21.9 Å². The van der Waals surface area contributed by atoms with Gasteiger partial charge in [-0.25, -0.2) is 0 Å². The highest BCUT2D eigenvalue weighted by Gasteiger charge is 2.25. The molecule has 0 aromatic carbocycles. The molecule has 17 heavy (non-hydrogen) atoms. The molecule has 1 aliphatic carbocycles. The van der Waals surface area contributed by atoms with E-state index < -0.39 is 5.60 Å². The Morgan fingerprint density at radius 3 is 2.53 bits per heavy atom. The average Bonchev–Trinajstić information content (AvgIpc) is 2.22. The molecule has 3 atom stereocenters. The first-order chi connectivity index (χ1) is 7.80. The fraction of sp³-hybridized carbons (Fsp3) is 0.733. The van der Waals surface area contributed by atoms with E-state index in [0.717, 1.165) is 19.3 Å². The molecule has 0 unspecified atom stereocenters. The van der Waals surface area contributed by atoms with Gasteiger partial charge in [0.1, 0.15) is 0 Å². The Labute approximate surface area is 105 Å². The summed E-state index contributed by atoms with van der Waals surface area (Å²) in [4.78, 5) is 0. The zero-order chi connectivity index (χ0) is 13.1. The van der Waals surface area contributed by atoms with Crippen LogP contribution in [-0.2, 0) is 0 Å². The molecule has 1 aliphatic rings. The number of aliphatic hydroxyl groups is 2. The van der Waals surface area contributed by atoms with Crippen LogP contribution in [0, 0.1) is 11.8 Å². The molecule has 0 heterocycles. The highest BCUT2D eigenvalue weighted by molar-refractivity contribution is 5.06. The van der Waals surface area contributed by atoms with Crippen LogP contribution in [0.5, 0.6) is 0 Å². The summed E-state index contributed by atoms with van der Waals surface area (Å²) >= 11 is 0. The van der Waals surface area contributed by atoms with E-state index >= 15 is 0 Å². The van der Waals surface area contributed by atoms with Crippen LogP contribution in [0.3, 0.4) is 0 Å². The van der Waals surface area contributed by atoms with Crippen molar-refractivity contribution in [2.24, 2.45) is 11.8 Å². The van der Waals surface area contributed by atoms with Crippen molar-refractivity contribution in [2.45, 2.75) is 58.7 Å². The SMILES string of the molecule is CC1=CC[C@@H](O)[C@H](C)C=C[C@H](C(C)(C)O)CC1. The minimum absolute atomic E-state index is 0.141. The third-order valence-corrected chi connectivity index (χ3v) is 3.72. The lowest BCUT2D eigenvalue weighted by molar-refractivity contribution is 0.0331. The van der Waals surface area contributed by atoms with Gasteiger partial charge in [0, 0.05) is 11.8 Å². The van der Waals surface area contributed by atoms with Crippen molar-refractivity contribution < 1.29 is 10.2 Å². The molecule has 0 saturated heterocycles. The third-order valence-electron chi connectivity index (χ3n) is 3.72. The third kappa shape index (κ3) is 4.64. The van der Waals surface area contributed by atoms with E-state index in [1.54, 1.807) is 0 Å². The van der Waals surface area contributed by atoms with Gasteiger partial charge in [-0.15, -0.1) is 0 Å². The molecule has 0 bridgehead atoms. The first-order valence-corrected chi connectivity index (χ1v) is 6.55. The van der Waals surface area contributed by atoms with E-state index in [4.69, 9.17) is 0 Å². The van der Waals surface area contributed by atoms with Crippen molar-refractivity contribution in [1.29, 1.82) is 0 Å². The maximum absolute atomic E-state index is 10.1. The molecule has 2 heteroatoms. The van der Waals surface area contributed by atoms with Gasteiger partial charge in [-0.2, -0.15) is 0 Å². The van der Waals surface area contributed by atoms with Crippen molar-refractivity contribution >= 4 is 0 Å². The van der Waals surface area contributed by atoms with Crippen molar-refractivity contribution in [3.05, 3.63) is 23.8 Å². The predicted molar refractivity (Wildman–Crippen MR) is 71.7 cm³/mol. The molecule has 1 rings (SSSR count). The number of aliphatic hydroxyl groups excluding tert-OH is 1. The fourth-order valence-electron chi connectivity index (χ4n) is 2.14. The zero-order valence-corrected chi connectivity index (χ0v) is 11.5. The summed E-state index contributed by atoms with van der Waals surface area (Å²) in [6.07, 6.45) is 8.60. The lowest BCUT2D eigenvalue weighted by Gasteiger charge is -2.28. The summed E-state index contributed by atoms with van der Waals surface area (Å²) in [7, 11) is 0. The van der Waals surface area contributed by atoms with Crippen molar-refractivity contribution in [3.63, 3.8) is 0 Å². The van der Waals surface area contributed by atoms with Gasteiger partial charge < -0.3 is 10.2 Å². The minimum atomic E-state index is -0.694. The number of allylic oxidation sites excluding steroid dienone is 1. The Hall–Kier alpha value is -0.600. The van der Waals surface area contributed by atoms with E-state index in [0.29, 0.717) is 0 Å². The Kier molecular flexibility index (Phi) is 4.96. The van der Waals surface area contributed by atoms with Crippen LogP contribution >= 0.6 is 0 Å². The molecule has 0 saturated carbocycles. The zero-order valence-electron chi connectivity index (χ0n) is 11.5. The smallest absolute Gasteiger partial charge is 0.0654 e. The van der Waals surface area contributed by atoms with E-state index in [-0.39, 0.29) is 17.9 Å². The highest BCUT2D eigenvalue weighted by atomic mass is 16.3. The minimum Gasteiger partial charge on any atom is -0.392 e. The van der Waals surface area contributed by atoms with E-state index in [1.165, 1.54) is 5.57 Å². The van der Waals surface area contributed by atoms with Crippen molar-refractivity contribution in [2.75, 3.05) is 0 Å². The topological polar surface area (TPSA) is 40.5 Å². The Morgan fingerprint density at radius 2 is 1.94 bits per heavy atom. The van der Waals surface area contributed by atoms with Crippen LogP contribution in [0.4, 0.5) is 0 Å².